The zero-order chi connectivity index (χ0) is 14.5. The lowest BCUT2D eigenvalue weighted by Gasteiger charge is -2.13. The number of anilines is 1. The Hall–Kier alpha value is -1.21. The predicted octanol–water partition coefficient (Wildman–Crippen LogP) is 3.24. The van der Waals surface area contributed by atoms with Crippen LogP contribution in [0, 0.1) is 0 Å². The van der Waals surface area contributed by atoms with Gasteiger partial charge in [0.05, 0.1) is 5.56 Å². The maximum absolute atomic E-state index is 11.9. The van der Waals surface area contributed by atoms with E-state index in [2.05, 4.69) is 17.6 Å². The highest BCUT2D eigenvalue weighted by Crippen LogP contribution is 2.30. The van der Waals surface area contributed by atoms with E-state index in [1.165, 1.54) is 17.4 Å². The number of hydrogen-bond acceptors (Lipinski definition) is 4. The third-order valence-electron chi connectivity index (χ3n) is 3.24. The van der Waals surface area contributed by atoms with E-state index in [4.69, 9.17) is 5.11 Å². The summed E-state index contributed by atoms with van der Waals surface area (Å²) in [6, 6.07) is 1.36. The fourth-order valence-electron chi connectivity index (χ4n) is 2.36. The van der Waals surface area contributed by atoms with E-state index in [1.54, 1.807) is 5.38 Å². The van der Waals surface area contributed by atoms with Gasteiger partial charge in [-0.25, -0.2) is 9.59 Å². The first-order valence-electron chi connectivity index (χ1n) is 6.60. The first kappa shape index (κ1) is 15.2. The number of hydrogen-bond donors (Lipinski definition) is 3. The van der Waals surface area contributed by atoms with Gasteiger partial charge in [-0.05, 0) is 36.5 Å². The largest absolute Gasteiger partial charge is 0.478 e. The predicted molar refractivity (Wildman–Crippen MR) is 83.0 cm³/mol. The Morgan fingerprint density at radius 2 is 2.30 bits per heavy atom. The number of thiophene rings is 1. The average Bonchev–Trinajstić information content (AvgIpc) is 2.99. The second kappa shape index (κ2) is 6.99. The van der Waals surface area contributed by atoms with E-state index in [-0.39, 0.29) is 17.6 Å². The molecule has 5 nitrogen and oxygen atoms in total. The van der Waals surface area contributed by atoms with Crippen molar-refractivity contribution in [3.63, 3.8) is 0 Å². The van der Waals surface area contributed by atoms with Crippen LogP contribution in [0.4, 0.5) is 9.80 Å². The Bertz CT molecular complexity index is 490. The Morgan fingerprint density at radius 3 is 3.00 bits per heavy atom. The Labute approximate surface area is 126 Å². The van der Waals surface area contributed by atoms with Crippen LogP contribution < -0.4 is 10.6 Å². The van der Waals surface area contributed by atoms with Crippen molar-refractivity contribution in [1.29, 1.82) is 0 Å². The summed E-state index contributed by atoms with van der Waals surface area (Å²) in [6.45, 7) is 2.14. The summed E-state index contributed by atoms with van der Waals surface area (Å²) in [5.74, 6) is 0.0719. The number of aromatic carboxylic acids is 1. The number of carbonyl (C=O) groups is 2. The van der Waals surface area contributed by atoms with Crippen molar-refractivity contribution < 1.29 is 14.7 Å². The van der Waals surface area contributed by atoms with E-state index in [1.807, 2.05) is 11.8 Å². The molecular formula is C13H18N2O3S2. The van der Waals surface area contributed by atoms with Crippen LogP contribution in [0.1, 0.15) is 36.5 Å². The highest BCUT2D eigenvalue weighted by atomic mass is 32.2. The van der Waals surface area contributed by atoms with Gasteiger partial charge >= 0.3 is 12.0 Å². The fourth-order valence-corrected chi connectivity index (χ4v) is 4.27. The van der Waals surface area contributed by atoms with Crippen molar-refractivity contribution in [3.05, 3.63) is 17.0 Å². The molecule has 2 rings (SSSR count). The summed E-state index contributed by atoms with van der Waals surface area (Å²) in [7, 11) is 0. The van der Waals surface area contributed by atoms with E-state index >= 15 is 0 Å². The van der Waals surface area contributed by atoms with Crippen LogP contribution in [-0.2, 0) is 0 Å². The molecule has 0 aliphatic heterocycles. The molecule has 2 atom stereocenters. The summed E-state index contributed by atoms with van der Waals surface area (Å²) < 4.78 is 0. The number of nitrogens with one attached hydrogen (secondary N) is 2. The quantitative estimate of drug-likeness (QED) is 0.779. The van der Waals surface area contributed by atoms with Gasteiger partial charge < -0.3 is 10.4 Å². The van der Waals surface area contributed by atoms with E-state index in [9.17, 15) is 9.59 Å². The van der Waals surface area contributed by atoms with Gasteiger partial charge in [0.1, 0.15) is 5.00 Å². The molecule has 1 aromatic heterocycles. The molecule has 3 N–H and O–H groups in total. The first-order valence-corrected chi connectivity index (χ1v) is 8.53. The summed E-state index contributed by atoms with van der Waals surface area (Å²) in [4.78, 5) is 22.8. The molecule has 20 heavy (non-hydrogen) atoms. The van der Waals surface area contributed by atoms with Gasteiger partial charge in [0.15, 0.2) is 0 Å². The zero-order valence-electron chi connectivity index (χ0n) is 11.2. The number of thioether (sulfide) groups is 1. The van der Waals surface area contributed by atoms with E-state index < -0.39 is 5.97 Å². The van der Waals surface area contributed by atoms with Gasteiger partial charge in [0.2, 0.25) is 0 Å². The Kier molecular flexibility index (Phi) is 5.31. The molecular weight excluding hydrogens is 296 g/mol. The fraction of sp³-hybridized carbons (Fsp3) is 0.538. The van der Waals surface area contributed by atoms with Gasteiger partial charge in [-0.3, -0.25) is 5.32 Å². The van der Waals surface area contributed by atoms with Crippen LogP contribution in [0.3, 0.4) is 0 Å². The maximum Gasteiger partial charge on any atom is 0.338 e. The normalized spacial score (nSPS) is 21.6. The minimum Gasteiger partial charge on any atom is -0.478 e. The molecule has 2 unspecified atom stereocenters. The van der Waals surface area contributed by atoms with Crippen LogP contribution >= 0.6 is 23.1 Å². The molecule has 0 spiro atoms. The molecule has 1 aromatic rings. The topological polar surface area (TPSA) is 78.4 Å². The number of rotatable bonds is 5. The van der Waals surface area contributed by atoms with Crippen molar-refractivity contribution in [2.45, 2.75) is 37.5 Å². The number of carboxylic acid groups (broad SMARTS) is 1. The molecule has 7 heteroatoms. The molecule has 110 valence electrons. The van der Waals surface area contributed by atoms with Crippen LogP contribution in [0.2, 0.25) is 0 Å². The minimum atomic E-state index is -1.03. The van der Waals surface area contributed by atoms with Gasteiger partial charge in [0.25, 0.3) is 0 Å². The monoisotopic (exact) mass is 314 g/mol. The van der Waals surface area contributed by atoms with Crippen molar-refractivity contribution in [2.75, 3.05) is 11.1 Å². The van der Waals surface area contributed by atoms with Crippen LogP contribution in [0.5, 0.6) is 0 Å². The third-order valence-corrected chi connectivity index (χ3v) is 5.31. The number of carboxylic acids is 1. The molecule has 0 bridgehead atoms. The van der Waals surface area contributed by atoms with Crippen LogP contribution in [0.25, 0.3) is 0 Å². The maximum atomic E-state index is 11.9. The smallest absolute Gasteiger partial charge is 0.338 e. The van der Waals surface area contributed by atoms with Crippen molar-refractivity contribution >= 4 is 40.1 Å². The molecule has 1 aliphatic rings. The molecule has 2 amide bonds. The molecule has 0 radical (unpaired) electrons. The summed E-state index contributed by atoms with van der Waals surface area (Å²) in [5, 5.41) is 17.2. The number of carbonyl (C=O) groups excluding carboxylic acids is 1. The number of amides is 2. The van der Waals surface area contributed by atoms with Gasteiger partial charge in [-0.1, -0.05) is 6.92 Å². The SMILES string of the molecule is CCSC1CCC(NC(=O)Nc2sccc2C(=O)O)C1. The Balaban J connectivity index is 1.84. The summed E-state index contributed by atoms with van der Waals surface area (Å²) in [6.07, 6.45) is 3.10. The second-order valence-corrected chi connectivity index (χ2v) is 7.15. The van der Waals surface area contributed by atoms with Crippen molar-refractivity contribution in [3.8, 4) is 0 Å². The lowest BCUT2D eigenvalue weighted by Crippen LogP contribution is -2.36. The molecule has 1 heterocycles. The van der Waals surface area contributed by atoms with Crippen molar-refractivity contribution in [2.24, 2.45) is 0 Å². The van der Waals surface area contributed by atoms with Gasteiger partial charge in [0, 0.05) is 11.3 Å². The van der Waals surface area contributed by atoms with E-state index in [0.29, 0.717) is 10.3 Å². The highest BCUT2D eigenvalue weighted by Gasteiger charge is 2.26. The van der Waals surface area contributed by atoms with Gasteiger partial charge in [-0.15, -0.1) is 11.3 Å². The molecule has 0 saturated heterocycles. The summed E-state index contributed by atoms with van der Waals surface area (Å²) >= 11 is 3.15. The Morgan fingerprint density at radius 1 is 1.50 bits per heavy atom. The lowest BCUT2D eigenvalue weighted by molar-refractivity contribution is 0.0698. The van der Waals surface area contributed by atoms with Crippen molar-refractivity contribution in [1.82, 2.24) is 5.32 Å². The highest BCUT2D eigenvalue weighted by molar-refractivity contribution is 7.99. The minimum absolute atomic E-state index is 0.135. The number of urea groups is 1. The standard InChI is InChI=1S/C13H18N2O3S2/c1-2-19-9-4-3-8(7-9)14-13(18)15-11-10(12(16)17)5-6-20-11/h5-6,8-9H,2-4,7H2,1H3,(H,16,17)(H2,14,15,18). The summed E-state index contributed by atoms with van der Waals surface area (Å²) in [5.41, 5.74) is 0.135. The third kappa shape index (κ3) is 3.89. The van der Waals surface area contributed by atoms with Gasteiger partial charge in [-0.2, -0.15) is 11.8 Å². The first-order chi connectivity index (χ1) is 9.60. The molecule has 1 aliphatic carbocycles. The van der Waals surface area contributed by atoms with Crippen LogP contribution in [-0.4, -0.2) is 34.2 Å². The molecule has 1 saturated carbocycles. The van der Waals surface area contributed by atoms with E-state index in [0.717, 1.165) is 25.0 Å². The zero-order valence-corrected chi connectivity index (χ0v) is 12.9. The molecule has 1 fully saturated rings. The average molecular weight is 314 g/mol. The second-order valence-electron chi connectivity index (χ2n) is 4.65. The van der Waals surface area contributed by atoms with Crippen LogP contribution in [0.15, 0.2) is 11.4 Å². The molecule has 0 aromatic carbocycles. The lowest BCUT2D eigenvalue weighted by atomic mass is 10.2.